The Balaban J connectivity index is 2.43. The van der Waals surface area contributed by atoms with Crippen LogP contribution < -0.4 is 4.74 Å². The maximum Gasteiger partial charge on any atom is 0.290 e. The number of para-hydroxylation sites is 1. The van der Waals surface area contributed by atoms with Crippen molar-refractivity contribution in [2.24, 2.45) is 0 Å². The highest BCUT2D eigenvalue weighted by atomic mass is 16.6. The van der Waals surface area contributed by atoms with E-state index in [1.807, 2.05) is 6.07 Å². The monoisotopic (exact) mass is 240 g/mol. The Morgan fingerprint density at radius 2 is 1.83 bits per heavy atom. The highest BCUT2D eigenvalue weighted by Gasteiger charge is 2.18. The molecule has 0 aliphatic carbocycles. The fourth-order valence-electron chi connectivity index (χ4n) is 1.48. The van der Waals surface area contributed by atoms with Gasteiger partial charge in [0.2, 0.25) is 0 Å². The Bertz CT molecular complexity index is 618. The molecule has 0 aliphatic rings. The normalized spacial score (nSPS) is 9.50. The first kappa shape index (κ1) is 11.6. The molecule has 0 aromatic heterocycles. The number of rotatable bonds is 3. The summed E-state index contributed by atoms with van der Waals surface area (Å²) < 4.78 is 5.46. The van der Waals surface area contributed by atoms with Gasteiger partial charge in [0.1, 0.15) is 11.8 Å². The molecule has 0 N–H and O–H groups in total. The molecule has 2 aromatic rings. The number of benzene rings is 2. The zero-order chi connectivity index (χ0) is 13.0. The molecule has 18 heavy (non-hydrogen) atoms. The summed E-state index contributed by atoms with van der Waals surface area (Å²) >= 11 is 0. The summed E-state index contributed by atoms with van der Waals surface area (Å²) in [6.45, 7) is 0. The van der Waals surface area contributed by atoms with E-state index in [2.05, 4.69) is 0 Å². The van der Waals surface area contributed by atoms with Crippen LogP contribution in [0.4, 0.5) is 5.69 Å². The van der Waals surface area contributed by atoms with Crippen molar-refractivity contribution in [3.63, 3.8) is 0 Å². The van der Waals surface area contributed by atoms with Crippen LogP contribution in [-0.2, 0) is 0 Å². The summed E-state index contributed by atoms with van der Waals surface area (Å²) in [6, 6.07) is 14.9. The summed E-state index contributed by atoms with van der Waals surface area (Å²) in [4.78, 5) is 10.2. The van der Waals surface area contributed by atoms with Crippen molar-refractivity contribution in [1.82, 2.24) is 0 Å². The summed E-state index contributed by atoms with van der Waals surface area (Å²) in [5.41, 5.74) is -0.336. The predicted octanol–water partition coefficient (Wildman–Crippen LogP) is 3.26. The Morgan fingerprint density at radius 3 is 2.44 bits per heavy atom. The molecule has 0 fully saturated rings. The molecule has 0 unspecified atom stereocenters. The van der Waals surface area contributed by atoms with Crippen LogP contribution in [0.2, 0.25) is 0 Å². The van der Waals surface area contributed by atoms with Crippen LogP contribution >= 0.6 is 0 Å². The van der Waals surface area contributed by atoms with Gasteiger partial charge in [-0.3, -0.25) is 10.1 Å². The molecule has 0 atom stereocenters. The van der Waals surface area contributed by atoms with Gasteiger partial charge >= 0.3 is 0 Å². The number of hydrogen-bond acceptors (Lipinski definition) is 4. The lowest BCUT2D eigenvalue weighted by Crippen LogP contribution is -1.95. The van der Waals surface area contributed by atoms with E-state index in [4.69, 9.17) is 10.00 Å². The number of nitro groups is 1. The first-order valence-electron chi connectivity index (χ1n) is 5.13. The van der Waals surface area contributed by atoms with Crippen LogP contribution in [0.5, 0.6) is 11.5 Å². The second-order valence-corrected chi connectivity index (χ2v) is 3.43. The Morgan fingerprint density at radius 1 is 1.11 bits per heavy atom. The summed E-state index contributed by atoms with van der Waals surface area (Å²) in [5, 5.41) is 19.8. The quantitative estimate of drug-likeness (QED) is 0.609. The van der Waals surface area contributed by atoms with Gasteiger partial charge in [-0.1, -0.05) is 24.3 Å². The second-order valence-electron chi connectivity index (χ2n) is 3.43. The molecule has 0 radical (unpaired) electrons. The lowest BCUT2D eigenvalue weighted by Gasteiger charge is -2.06. The van der Waals surface area contributed by atoms with Gasteiger partial charge in [-0.2, -0.15) is 5.26 Å². The van der Waals surface area contributed by atoms with E-state index >= 15 is 0 Å². The molecule has 0 bridgehead atoms. The first-order chi connectivity index (χ1) is 8.72. The van der Waals surface area contributed by atoms with Crippen LogP contribution in [0.3, 0.4) is 0 Å². The van der Waals surface area contributed by atoms with Gasteiger partial charge in [0, 0.05) is 6.07 Å². The predicted molar refractivity (Wildman–Crippen MR) is 64.3 cm³/mol. The van der Waals surface area contributed by atoms with Gasteiger partial charge in [0.05, 0.1) is 4.92 Å². The fourth-order valence-corrected chi connectivity index (χ4v) is 1.48. The van der Waals surface area contributed by atoms with Crippen molar-refractivity contribution in [2.45, 2.75) is 0 Å². The average Bonchev–Trinajstić information content (AvgIpc) is 2.39. The zero-order valence-corrected chi connectivity index (χ0v) is 9.24. The van der Waals surface area contributed by atoms with Crippen molar-refractivity contribution in [2.75, 3.05) is 0 Å². The number of nitriles is 1. The van der Waals surface area contributed by atoms with Crippen LogP contribution in [-0.4, -0.2) is 4.92 Å². The van der Waals surface area contributed by atoms with Crippen molar-refractivity contribution >= 4 is 5.69 Å². The Kier molecular flexibility index (Phi) is 3.21. The van der Waals surface area contributed by atoms with E-state index in [-0.39, 0.29) is 17.0 Å². The number of ether oxygens (including phenoxy) is 1. The molecule has 0 saturated heterocycles. The van der Waals surface area contributed by atoms with E-state index in [0.717, 1.165) is 0 Å². The maximum absolute atomic E-state index is 10.8. The van der Waals surface area contributed by atoms with E-state index in [1.165, 1.54) is 18.2 Å². The van der Waals surface area contributed by atoms with Crippen molar-refractivity contribution in [1.29, 1.82) is 5.26 Å². The maximum atomic E-state index is 10.8. The lowest BCUT2D eigenvalue weighted by molar-refractivity contribution is -0.385. The summed E-state index contributed by atoms with van der Waals surface area (Å²) in [6.07, 6.45) is 0. The minimum Gasteiger partial charge on any atom is -0.456 e. The Hall–Kier alpha value is -2.87. The second kappa shape index (κ2) is 4.97. The van der Waals surface area contributed by atoms with Crippen molar-refractivity contribution < 1.29 is 9.66 Å². The Labute approximate surface area is 103 Å². The van der Waals surface area contributed by atoms with E-state index in [0.29, 0.717) is 5.75 Å². The van der Waals surface area contributed by atoms with Crippen molar-refractivity contribution in [3.8, 4) is 17.6 Å². The highest BCUT2D eigenvalue weighted by molar-refractivity contribution is 5.57. The smallest absolute Gasteiger partial charge is 0.290 e. The topological polar surface area (TPSA) is 76.2 Å². The molecule has 0 amide bonds. The molecule has 2 aromatic carbocycles. The van der Waals surface area contributed by atoms with Gasteiger partial charge in [-0.15, -0.1) is 0 Å². The number of nitro benzene ring substituents is 1. The van der Waals surface area contributed by atoms with E-state index < -0.39 is 4.92 Å². The average molecular weight is 240 g/mol. The van der Waals surface area contributed by atoms with Gasteiger partial charge in [-0.25, -0.2) is 0 Å². The molecular weight excluding hydrogens is 232 g/mol. The third-order valence-electron chi connectivity index (χ3n) is 2.28. The minimum atomic E-state index is -0.601. The lowest BCUT2D eigenvalue weighted by atomic mass is 10.2. The molecule has 5 nitrogen and oxygen atoms in total. The molecule has 0 spiro atoms. The minimum absolute atomic E-state index is 0.0775. The molecule has 2 rings (SSSR count). The fraction of sp³-hybridized carbons (Fsp3) is 0. The van der Waals surface area contributed by atoms with Gasteiger partial charge < -0.3 is 4.74 Å². The molecule has 0 saturated carbocycles. The summed E-state index contributed by atoms with van der Waals surface area (Å²) in [5.74, 6) is 0.701. The van der Waals surface area contributed by atoms with E-state index in [9.17, 15) is 10.1 Å². The zero-order valence-electron chi connectivity index (χ0n) is 9.24. The van der Waals surface area contributed by atoms with E-state index in [1.54, 1.807) is 30.3 Å². The van der Waals surface area contributed by atoms with Crippen LogP contribution in [0.15, 0.2) is 48.5 Å². The van der Waals surface area contributed by atoms with Crippen LogP contribution in [0.25, 0.3) is 0 Å². The van der Waals surface area contributed by atoms with Gasteiger partial charge in [0.25, 0.3) is 5.69 Å². The molecule has 0 heterocycles. The van der Waals surface area contributed by atoms with Gasteiger partial charge in [-0.05, 0) is 18.2 Å². The third kappa shape index (κ3) is 2.28. The molecular formula is C13H8N2O3. The third-order valence-corrected chi connectivity index (χ3v) is 2.28. The van der Waals surface area contributed by atoms with Gasteiger partial charge in [0.15, 0.2) is 11.3 Å². The summed E-state index contributed by atoms with van der Waals surface area (Å²) in [7, 11) is 0. The standard InChI is InChI=1S/C13H8N2O3/c14-9-11-12(15(16)17)7-4-8-13(11)18-10-5-2-1-3-6-10/h1-8H. The number of hydrogen-bond donors (Lipinski definition) is 0. The largest absolute Gasteiger partial charge is 0.456 e. The molecule has 0 aliphatic heterocycles. The SMILES string of the molecule is N#Cc1c(Oc2ccccc2)cccc1[N+](=O)[O-]. The highest BCUT2D eigenvalue weighted by Crippen LogP contribution is 2.30. The van der Waals surface area contributed by atoms with Crippen LogP contribution in [0.1, 0.15) is 5.56 Å². The molecule has 5 heteroatoms. The number of nitrogens with zero attached hydrogens (tertiary/aromatic N) is 2. The van der Waals surface area contributed by atoms with Crippen molar-refractivity contribution in [3.05, 3.63) is 64.2 Å². The molecule has 88 valence electrons. The first-order valence-corrected chi connectivity index (χ1v) is 5.13. The van der Waals surface area contributed by atoms with Crippen LogP contribution in [0, 0.1) is 21.4 Å².